The third-order valence-electron chi connectivity index (χ3n) is 7.82. The SMILES string of the molecule is CN1CCN(c2ccc(C(=O)Nc3n[nH]c4ccc(OCc5ccccc5F)cc34)c(NC3CCOCC3)c2)CC1. The van der Waals surface area contributed by atoms with Crippen molar-refractivity contribution >= 4 is 34.0 Å². The number of piperazine rings is 1. The Bertz CT molecular complexity index is 1510. The number of nitrogens with one attached hydrogen (secondary N) is 3. The van der Waals surface area contributed by atoms with E-state index >= 15 is 0 Å². The number of fused-ring (bicyclic) bond motifs is 1. The van der Waals surface area contributed by atoms with Gasteiger partial charge in [0.05, 0.1) is 11.1 Å². The summed E-state index contributed by atoms with van der Waals surface area (Å²) in [6.45, 7) is 5.40. The van der Waals surface area contributed by atoms with Crippen molar-refractivity contribution in [3.05, 3.63) is 77.6 Å². The van der Waals surface area contributed by atoms with E-state index in [-0.39, 0.29) is 24.4 Å². The zero-order chi connectivity index (χ0) is 28.2. The van der Waals surface area contributed by atoms with E-state index in [1.165, 1.54) is 6.07 Å². The molecule has 2 aliphatic rings. The Labute approximate surface area is 238 Å². The number of H-pyrrole nitrogens is 1. The van der Waals surface area contributed by atoms with Crippen LogP contribution in [-0.2, 0) is 11.3 Å². The molecule has 1 amide bonds. The van der Waals surface area contributed by atoms with Gasteiger partial charge in [-0.05, 0) is 62.4 Å². The van der Waals surface area contributed by atoms with Crippen LogP contribution in [0.4, 0.5) is 21.6 Å². The fourth-order valence-corrected chi connectivity index (χ4v) is 5.30. The number of halogens is 1. The van der Waals surface area contributed by atoms with Crippen molar-refractivity contribution in [2.45, 2.75) is 25.5 Å². The van der Waals surface area contributed by atoms with Crippen LogP contribution in [-0.4, -0.2) is 73.5 Å². The van der Waals surface area contributed by atoms with Gasteiger partial charge in [-0.2, -0.15) is 5.10 Å². The zero-order valence-electron chi connectivity index (χ0n) is 23.2. The molecule has 6 rings (SSSR count). The van der Waals surface area contributed by atoms with Crippen LogP contribution in [0.5, 0.6) is 5.75 Å². The maximum Gasteiger partial charge on any atom is 0.258 e. The Hall–Kier alpha value is -4.15. The summed E-state index contributed by atoms with van der Waals surface area (Å²) < 4.78 is 25.4. The molecule has 2 fully saturated rings. The summed E-state index contributed by atoms with van der Waals surface area (Å²) in [5.41, 5.74) is 3.69. The van der Waals surface area contributed by atoms with Gasteiger partial charge in [0, 0.05) is 67.8 Å². The third kappa shape index (κ3) is 6.28. The van der Waals surface area contributed by atoms with Crippen LogP contribution in [0, 0.1) is 5.82 Å². The van der Waals surface area contributed by atoms with Gasteiger partial charge in [0.2, 0.25) is 0 Å². The van der Waals surface area contributed by atoms with Crippen molar-refractivity contribution in [1.29, 1.82) is 0 Å². The van der Waals surface area contributed by atoms with Crippen LogP contribution >= 0.6 is 0 Å². The number of carbonyl (C=O) groups is 1. The molecule has 0 radical (unpaired) electrons. The van der Waals surface area contributed by atoms with E-state index in [0.29, 0.717) is 41.3 Å². The number of aromatic nitrogens is 2. The van der Waals surface area contributed by atoms with Gasteiger partial charge in [-0.25, -0.2) is 4.39 Å². The topological polar surface area (TPSA) is 94.8 Å². The number of ether oxygens (including phenoxy) is 2. The second-order valence-corrected chi connectivity index (χ2v) is 10.7. The van der Waals surface area contributed by atoms with Gasteiger partial charge in [-0.15, -0.1) is 0 Å². The fourth-order valence-electron chi connectivity index (χ4n) is 5.30. The second kappa shape index (κ2) is 12.2. The van der Waals surface area contributed by atoms with Gasteiger partial charge in [0.15, 0.2) is 5.82 Å². The van der Waals surface area contributed by atoms with Crippen LogP contribution in [0.25, 0.3) is 10.9 Å². The van der Waals surface area contributed by atoms with Gasteiger partial charge < -0.3 is 29.9 Å². The number of hydrogen-bond acceptors (Lipinski definition) is 7. The van der Waals surface area contributed by atoms with Crippen molar-refractivity contribution in [2.75, 3.05) is 62.0 Å². The fraction of sp³-hybridized carbons (Fsp3) is 0.355. The predicted molar refractivity (Wildman–Crippen MR) is 158 cm³/mol. The quantitative estimate of drug-likeness (QED) is 0.284. The average Bonchev–Trinajstić information content (AvgIpc) is 3.39. The molecule has 1 aromatic heterocycles. The van der Waals surface area contributed by atoms with Crippen LogP contribution in [0.2, 0.25) is 0 Å². The highest BCUT2D eigenvalue weighted by Gasteiger charge is 2.22. The Kier molecular flexibility index (Phi) is 8.02. The summed E-state index contributed by atoms with van der Waals surface area (Å²) >= 11 is 0. The summed E-state index contributed by atoms with van der Waals surface area (Å²) in [6.07, 6.45) is 1.78. The number of hydrogen-bond donors (Lipinski definition) is 3. The molecule has 3 N–H and O–H groups in total. The van der Waals surface area contributed by atoms with Crippen molar-refractivity contribution in [3.63, 3.8) is 0 Å². The van der Waals surface area contributed by atoms with Gasteiger partial charge >= 0.3 is 0 Å². The lowest BCUT2D eigenvalue weighted by atomic mass is 10.1. The highest BCUT2D eigenvalue weighted by molar-refractivity contribution is 6.11. The van der Waals surface area contributed by atoms with Gasteiger partial charge in [0.1, 0.15) is 18.2 Å². The summed E-state index contributed by atoms with van der Waals surface area (Å²) in [5, 5.41) is 14.6. The lowest BCUT2D eigenvalue weighted by Crippen LogP contribution is -2.44. The van der Waals surface area contributed by atoms with Crippen molar-refractivity contribution < 1.29 is 18.7 Å². The highest BCUT2D eigenvalue weighted by atomic mass is 19.1. The van der Waals surface area contributed by atoms with E-state index in [1.54, 1.807) is 30.3 Å². The van der Waals surface area contributed by atoms with Gasteiger partial charge in [0.25, 0.3) is 5.91 Å². The van der Waals surface area contributed by atoms with E-state index < -0.39 is 0 Å². The molecule has 0 unspecified atom stereocenters. The average molecular weight is 559 g/mol. The summed E-state index contributed by atoms with van der Waals surface area (Å²) in [5.74, 6) is 0.391. The normalized spacial score (nSPS) is 16.6. The van der Waals surface area contributed by atoms with E-state index in [1.807, 2.05) is 18.2 Å². The molecule has 0 atom stereocenters. The number of amides is 1. The summed E-state index contributed by atoms with van der Waals surface area (Å²) in [6, 6.07) is 18.2. The Morgan fingerprint density at radius 1 is 1.07 bits per heavy atom. The standard InChI is InChI=1S/C31H35FN6O3/c1-37-12-14-38(15-13-37)23-6-8-25(29(18-23)33-22-10-16-40-17-11-22)31(39)34-30-26-19-24(7-9-28(26)35-36-30)41-20-21-4-2-3-5-27(21)32/h2-9,18-19,22,33H,10-17,20H2,1H3,(H2,34,35,36,39). The van der Waals surface area contributed by atoms with Gasteiger partial charge in [-0.3, -0.25) is 9.89 Å². The van der Waals surface area contributed by atoms with Crippen LogP contribution in [0.15, 0.2) is 60.7 Å². The second-order valence-electron chi connectivity index (χ2n) is 10.7. The number of likely N-dealkylation sites (N-methyl/N-ethyl adjacent to an activating group) is 1. The first-order valence-electron chi connectivity index (χ1n) is 14.1. The highest BCUT2D eigenvalue weighted by Crippen LogP contribution is 2.30. The van der Waals surface area contributed by atoms with E-state index in [4.69, 9.17) is 9.47 Å². The van der Waals surface area contributed by atoms with E-state index in [9.17, 15) is 9.18 Å². The van der Waals surface area contributed by atoms with Gasteiger partial charge in [-0.1, -0.05) is 18.2 Å². The molecule has 3 heterocycles. The molecule has 0 aliphatic carbocycles. The Morgan fingerprint density at radius 3 is 2.68 bits per heavy atom. The molecule has 0 bridgehead atoms. The summed E-state index contributed by atoms with van der Waals surface area (Å²) in [7, 11) is 2.14. The monoisotopic (exact) mass is 558 g/mol. The van der Waals surface area contributed by atoms with E-state index in [2.05, 4.69) is 43.7 Å². The zero-order valence-corrected chi connectivity index (χ0v) is 23.2. The number of anilines is 3. The minimum Gasteiger partial charge on any atom is -0.489 e. The number of carbonyl (C=O) groups excluding carboxylic acids is 1. The molecule has 0 saturated carbocycles. The first-order valence-corrected chi connectivity index (χ1v) is 14.1. The van der Waals surface area contributed by atoms with Crippen molar-refractivity contribution in [3.8, 4) is 5.75 Å². The molecule has 41 heavy (non-hydrogen) atoms. The lowest BCUT2D eigenvalue weighted by molar-refractivity contribution is 0.0904. The number of nitrogens with zero attached hydrogens (tertiary/aromatic N) is 3. The predicted octanol–water partition coefficient (Wildman–Crippen LogP) is 4.88. The molecule has 2 saturated heterocycles. The summed E-state index contributed by atoms with van der Waals surface area (Å²) in [4.78, 5) is 18.3. The van der Waals surface area contributed by atoms with Crippen LogP contribution in [0.3, 0.4) is 0 Å². The third-order valence-corrected chi connectivity index (χ3v) is 7.82. The van der Waals surface area contributed by atoms with Crippen LogP contribution in [0.1, 0.15) is 28.8 Å². The maximum absolute atomic E-state index is 14.0. The molecule has 3 aromatic carbocycles. The lowest BCUT2D eigenvalue weighted by Gasteiger charge is -2.34. The maximum atomic E-state index is 14.0. The van der Waals surface area contributed by atoms with Crippen LogP contribution < -0.4 is 20.3 Å². The molecular weight excluding hydrogens is 523 g/mol. The molecule has 214 valence electrons. The first-order chi connectivity index (χ1) is 20.0. The molecule has 2 aliphatic heterocycles. The minimum atomic E-state index is -0.311. The molecule has 10 heteroatoms. The van der Waals surface area contributed by atoms with Crippen molar-refractivity contribution in [2.24, 2.45) is 0 Å². The first kappa shape index (κ1) is 27.0. The number of aromatic amines is 1. The van der Waals surface area contributed by atoms with Crippen molar-refractivity contribution in [1.82, 2.24) is 15.1 Å². The number of rotatable bonds is 8. The number of benzene rings is 3. The molecule has 4 aromatic rings. The Morgan fingerprint density at radius 2 is 1.88 bits per heavy atom. The molecular formula is C31H35FN6O3. The van der Waals surface area contributed by atoms with E-state index in [0.717, 1.165) is 55.9 Å². The largest absolute Gasteiger partial charge is 0.489 e. The molecule has 9 nitrogen and oxygen atoms in total. The minimum absolute atomic E-state index is 0.0958. The Balaban J connectivity index is 1.22. The molecule has 0 spiro atoms. The smallest absolute Gasteiger partial charge is 0.258 e.